The number of benzene rings is 2. The molecule has 0 aliphatic rings. The molecule has 29 heavy (non-hydrogen) atoms. The summed E-state index contributed by atoms with van der Waals surface area (Å²) < 4.78 is 11.3. The Kier molecular flexibility index (Phi) is 6.90. The number of carbonyl (C=O) groups is 1. The van der Waals surface area contributed by atoms with Gasteiger partial charge in [0.1, 0.15) is 17.3 Å². The molecule has 150 valence electrons. The van der Waals surface area contributed by atoms with Gasteiger partial charge in [-0.25, -0.2) is 0 Å². The van der Waals surface area contributed by atoms with Crippen LogP contribution in [0.4, 0.5) is 0 Å². The molecule has 0 fully saturated rings. The van der Waals surface area contributed by atoms with E-state index in [4.69, 9.17) is 33.0 Å². The molecular weight excluding hydrogens is 408 g/mol. The van der Waals surface area contributed by atoms with E-state index in [9.17, 15) is 4.79 Å². The van der Waals surface area contributed by atoms with E-state index >= 15 is 0 Å². The molecule has 0 aliphatic heterocycles. The van der Waals surface area contributed by atoms with Gasteiger partial charge in [0, 0.05) is 10.6 Å². The molecule has 0 spiro atoms. The molecule has 3 aromatic rings. The summed E-state index contributed by atoms with van der Waals surface area (Å²) in [4.78, 5) is 12.0. The molecular formula is C22H21ClN2O3S. The van der Waals surface area contributed by atoms with Crippen molar-refractivity contribution in [3.8, 4) is 17.1 Å². The molecule has 0 bridgehead atoms. The first-order valence-corrected chi connectivity index (χ1v) is 9.82. The highest BCUT2D eigenvalue weighted by atomic mass is 35.5. The highest BCUT2D eigenvalue weighted by Crippen LogP contribution is 2.23. The SMILES string of the molecule is Cc1ccc(OCC(=O)NC(=S)NCc2ccc(-c3ccc(Cl)cc3)o2)c(C)c1. The average molecular weight is 429 g/mol. The summed E-state index contributed by atoms with van der Waals surface area (Å²) in [6, 6.07) is 16.9. The topological polar surface area (TPSA) is 63.5 Å². The molecule has 0 aliphatic carbocycles. The molecule has 1 amide bonds. The van der Waals surface area contributed by atoms with Crippen LogP contribution in [-0.2, 0) is 11.3 Å². The van der Waals surface area contributed by atoms with Crippen molar-refractivity contribution in [2.45, 2.75) is 20.4 Å². The molecule has 0 radical (unpaired) electrons. The van der Waals surface area contributed by atoms with E-state index in [2.05, 4.69) is 10.6 Å². The largest absolute Gasteiger partial charge is 0.483 e. The van der Waals surface area contributed by atoms with Crippen LogP contribution in [0, 0.1) is 13.8 Å². The first kappa shape index (κ1) is 20.9. The fourth-order valence-electron chi connectivity index (χ4n) is 2.72. The standard InChI is InChI=1S/C22H21ClN2O3S/c1-14-3-9-19(15(2)11-14)27-13-21(26)25-22(29)24-12-18-8-10-20(28-18)16-4-6-17(23)7-5-16/h3-11H,12-13H2,1-2H3,(H2,24,25,26,29). The first-order valence-electron chi connectivity index (χ1n) is 9.03. The van der Waals surface area contributed by atoms with Crippen LogP contribution >= 0.6 is 23.8 Å². The Morgan fingerprint density at radius 2 is 1.86 bits per heavy atom. The van der Waals surface area contributed by atoms with Crippen molar-refractivity contribution in [1.29, 1.82) is 0 Å². The van der Waals surface area contributed by atoms with E-state index in [-0.39, 0.29) is 17.6 Å². The Balaban J connectivity index is 1.45. The maximum atomic E-state index is 12.0. The Bertz CT molecular complexity index is 1020. The number of rotatable bonds is 6. The number of thiocarbonyl (C=S) groups is 1. The monoisotopic (exact) mass is 428 g/mol. The minimum Gasteiger partial charge on any atom is -0.483 e. The third-order valence-corrected chi connectivity index (χ3v) is 4.65. The molecule has 0 atom stereocenters. The van der Waals surface area contributed by atoms with Gasteiger partial charge in [0.25, 0.3) is 5.91 Å². The molecule has 1 heterocycles. The lowest BCUT2D eigenvalue weighted by Crippen LogP contribution is -2.41. The summed E-state index contributed by atoms with van der Waals surface area (Å²) >= 11 is 11.1. The molecule has 0 unspecified atom stereocenters. The van der Waals surface area contributed by atoms with E-state index in [0.717, 1.165) is 22.5 Å². The van der Waals surface area contributed by atoms with Gasteiger partial charge in [0.05, 0.1) is 6.54 Å². The number of carbonyl (C=O) groups excluding carboxylic acids is 1. The van der Waals surface area contributed by atoms with Crippen molar-refractivity contribution in [2.24, 2.45) is 0 Å². The lowest BCUT2D eigenvalue weighted by molar-refractivity contribution is -0.121. The lowest BCUT2D eigenvalue weighted by Gasteiger charge is -2.11. The smallest absolute Gasteiger partial charge is 0.264 e. The van der Waals surface area contributed by atoms with Crippen LogP contribution in [-0.4, -0.2) is 17.6 Å². The highest BCUT2D eigenvalue weighted by molar-refractivity contribution is 7.80. The summed E-state index contributed by atoms with van der Waals surface area (Å²) in [6.45, 7) is 4.18. The Hall–Kier alpha value is -2.83. The molecule has 5 nitrogen and oxygen atoms in total. The fourth-order valence-corrected chi connectivity index (χ4v) is 3.03. The van der Waals surface area contributed by atoms with E-state index < -0.39 is 0 Å². The summed E-state index contributed by atoms with van der Waals surface area (Å²) in [5, 5.41) is 6.43. The van der Waals surface area contributed by atoms with Gasteiger partial charge in [-0.1, -0.05) is 29.3 Å². The zero-order valence-electron chi connectivity index (χ0n) is 16.1. The van der Waals surface area contributed by atoms with Crippen molar-refractivity contribution in [2.75, 3.05) is 6.61 Å². The normalized spacial score (nSPS) is 10.4. The second kappa shape index (κ2) is 9.58. The summed E-state index contributed by atoms with van der Waals surface area (Å²) in [5.74, 6) is 1.77. The van der Waals surface area contributed by atoms with E-state index in [1.54, 1.807) is 0 Å². The van der Waals surface area contributed by atoms with Crippen LogP contribution in [0.5, 0.6) is 5.75 Å². The predicted octanol–water partition coefficient (Wildman–Crippen LogP) is 4.79. The van der Waals surface area contributed by atoms with Gasteiger partial charge in [-0.3, -0.25) is 4.79 Å². The first-order chi connectivity index (χ1) is 13.9. The van der Waals surface area contributed by atoms with Crippen LogP contribution in [0.15, 0.2) is 59.0 Å². The number of amides is 1. The van der Waals surface area contributed by atoms with Crippen LogP contribution in [0.2, 0.25) is 5.02 Å². The van der Waals surface area contributed by atoms with E-state index in [1.807, 2.05) is 68.4 Å². The van der Waals surface area contributed by atoms with Gasteiger partial charge in [-0.2, -0.15) is 0 Å². The van der Waals surface area contributed by atoms with Crippen LogP contribution in [0.25, 0.3) is 11.3 Å². The van der Waals surface area contributed by atoms with Gasteiger partial charge < -0.3 is 19.8 Å². The predicted molar refractivity (Wildman–Crippen MR) is 118 cm³/mol. The maximum Gasteiger partial charge on any atom is 0.264 e. The number of nitrogens with one attached hydrogen (secondary N) is 2. The van der Waals surface area contributed by atoms with Crippen molar-refractivity contribution in [1.82, 2.24) is 10.6 Å². The number of ether oxygens (including phenoxy) is 1. The third kappa shape index (κ3) is 6.07. The van der Waals surface area contributed by atoms with Crippen molar-refractivity contribution >= 4 is 34.8 Å². The molecule has 0 saturated carbocycles. The molecule has 2 aromatic carbocycles. The minimum atomic E-state index is -0.330. The quantitative estimate of drug-likeness (QED) is 0.553. The number of hydrogen-bond donors (Lipinski definition) is 2. The van der Waals surface area contributed by atoms with Gasteiger partial charge >= 0.3 is 0 Å². The van der Waals surface area contributed by atoms with Gasteiger partial charge in [0.2, 0.25) is 0 Å². The Morgan fingerprint density at radius 1 is 1.10 bits per heavy atom. The van der Waals surface area contributed by atoms with Crippen molar-refractivity contribution in [3.63, 3.8) is 0 Å². The Morgan fingerprint density at radius 3 is 2.59 bits per heavy atom. The minimum absolute atomic E-state index is 0.118. The van der Waals surface area contributed by atoms with Crippen molar-refractivity contribution < 1.29 is 13.9 Å². The van der Waals surface area contributed by atoms with Gasteiger partial charge in [-0.15, -0.1) is 0 Å². The van der Waals surface area contributed by atoms with Crippen LogP contribution < -0.4 is 15.4 Å². The molecule has 0 saturated heterocycles. The molecule has 2 N–H and O–H groups in total. The number of aryl methyl sites for hydroxylation is 2. The number of hydrogen-bond acceptors (Lipinski definition) is 4. The fraction of sp³-hybridized carbons (Fsp3) is 0.182. The zero-order chi connectivity index (χ0) is 20.8. The second-order valence-corrected chi connectivity index (χ2v) is 7.41. The third-order valence-electron chi connectivity index (χ3n) is 4.16. The zero-order valence-corrected chi connectivity index (χ0v) is 17.7. The highest BCUT2D eigenvalue weighted by Gasteiger charge is 2.09. The van der Waals surface area contributed by atoms with E-state index in [0.29, 0.717) is 23.1 Å². The average Bonchev–Trinajstić information content (AvgIpc) is 3.15. The van der Waals surface area contributed by atoms with Gasteiger partial charge in [-0.05, 0) is 74.1 Å². The summed E-state index contributed by atoms with van der Waals surface area (Å²) in [6.07, 6.45) is 0. The second-order valence-electron chi connectivity index (χ2n) is 6.56. The molecule has 7 heteroatoms. The molecule has 3 rings (SSSR count). The molecule has 1 aromatic heterocycles. The van der Waals surface area contributed by atoms with Crippen LogP contribution in [0.1, 0.15) is 16.9 Å². The number of furan rings is 1. The Labute approximate surface area is 180 Å². The van der Waals surface area contributed by atoms with Gasteiger partial charge in [0.15, 0.2) is 11.7 Å². The summed E-state index contributed by atoms with van der Waals surface area (Å²) in [5.41, 5.74) is 3.05. The van der Waals surface area contributed by atoms with Crippen molar-refractivity contribution in [3.05, 3.63) is 76.5 Å². The number of halogens is 1. The van der Waals surface area contributed by atoms with E-state index in [1.165, 1.54) is 0 Å². The lowest BCUT2D eigenvalue weighted by atomic mass is 10.1. The maximum absolute atomic E-state index is 12.0. The summed E-state index contributed by atoms with van der Waals surface area (Å²) in [7, 11) is 0. The van der Waals surface area contributed by atoms with Crippen LogP contribution in [0.3, 0.4) is 0 Å².